The lowest BCUT2D eigenvalue weighted by Gasteiger charge is -2.20. The van der Waals surface area contributed by atoms with Gasteiger partial charge in [0.25, 0.3) is 5.56 Å². The second kappa shape index (κ2) is 9.84. The van der Waals surface area contributed by atoms with E-state index in [9.17, 15) is 4.79 Å². The molecule has 0 atom stereocenters. The fraction of sp³-hybridized carbons (Fsp3) is 0.348. The van der Waals surface area contributed by atoms with Crippen LogP contribution >= 0.6 is 43.5 Å². The Morgan fingerprint density at radius 3 is 2.61 bits per heavy atom. The summed E-state index contributed by atoms with van der Waals surface area (Å²) in [6, 6.07) is 9.11. The molecule has 1 heterocycles. The first-order chi connectivity index (χ1) is 14.6. The summed E-state index contributed by atoms with van der Waals surface area (Å²) >= 11 is 13.4. The summed E-state index contributed by atoms with van der Waals surface area (Å²) in [7, 11) is 0. The fourth-order valence-electron chi connectivity index (χ4n) is 2.90. The highest BCUT2D eigenvalue weighted by Crippen LogP contribution is 2.35. The molecule has 31 heavy (non-hydrogen) atoms. The molecule has 3 aromatic rings. The van der Waals surface area contributed by atoms with Gasteiger partial charge in [0, 0.05) is 10.9 Å². The van der Waals surface area contributed by atoms with Gasteiger partial charge in [0.05, 0.1) is 33.2 Å². The summed E-state index contributed by atoms with van der Waals surface area (Å²) in [4.78, 5) is 17.7. The standard InChI is InChI=1S/C23H24Br2ClN3O2/c1-5-6-20-28-19-8-7-15(24)11-16(19)22(30)29(20)27-12-14-9-17(25)21(18(26)10-14)31-13-23(2,3)4/h7-12H,5-6,13H2,1-4H3. The summed E-state index contributed by atoms with van der Waals surface area (Å²) in [5.41, 5.74) is 1.21. The van der Waals surface area contributed by atoms with Gasteiger partial charge in [-0.25, -0.2) is 4.98 Å². The largest absolute Gasteiger partial charge is 0.490 e. The molecule has 0 N–H and O–H groups in total. The first kappa shape index (κ1) is 24.0. The maximum absolute atomic E-state index is 13.1. The highest BCUT2D eigenvalue weighted by molar-refractivity contribution is 9.10. The van der Waals surface area contributed by atoms with Crippen molar-refractivity contribution >= 4 is 60.6 Å². The Morgan fingerprint density at radius 1 is 1.23 bits per heavy atom. The molecular weight excluding hydrogens is 546 g/mol. The molecule has 0 bridgehead atoms. The van der Waals surface area contributed by atoms with E-state index in [1.54, 1.807) is 18.3 Å². The summed E-state index contributed by atoms with van der Waals surface area (Å²) in [6.07, 6.45) is 3.10. The van der Waals surface area contributed by atoms with E-state index in [0.717, 1.165) is 20.9 Å². The van der Waals surface area contributed by atoms with Crippen LogP contribution in [0.4, 0.5) is 0 Å². The molecule has 1 aromatic heterocycles. The third-order valence-electron chi connectivity index (χ3n) is 4.34. The molecule has 0 saturated heterocycles. The monoisotopic (exact) mass is 567 g/mol. The number of ether oxygens (including phenoxy) is 1. The number of aromatic nitrogens is 2. The summed E-state index contributed by atoms with van der Waals surface area (Å²) in [6.45, 7) is 8.86. The van der Waals surface area contributed by atoms with Crippen LogP contribution in [0.15, 0.2) is 49.2 Å². The van der Waals surface area contributed by atoms with Crippen molar-refractivity contribution in [1.82, 2.24) is 9.66 Å². The summed E-state index contributed by atoms with van der Waals surface area (Å²) in [5.74, 6) is 1.21. The minimum atomic E-state index is -0.207. The lowest BCUT2D eigenvalue weighted by atomic mass is 9.99. The average Bonchev–Trinajstić information content (AvgIpc) is 2.67. The Bertz CT molecular complexity index is 1180. The van der Waals surface area contributed by atoms with Crippen LogP contribution in [0.2, 0.25) is 5.02 Å². The number of hydrogen-bond acceptors (Lipinski definition) is 4. The molecule has 5 nitrogen and oxygen atoms in total. The Balaban J connectivity index is 2.00. The highest BCUT2D eigenvalue weighted by atomic mass is 79.9. The molecule has 0 fully saturated rings. The Labute approximate surface area is 203 Å². The van der Waals surface area contributed by atoms with Crippen molar-refractivity contribution in [2.45, 2.75) is 40.5 Å². The molecule has 164 valence electrons. The van der Waals surface area contributed by atoms with Gasteiger partial charge in [-0.3, -0.25) is 4.79 Å². The first-order valence-electron chi connectivity index (χ1n) is 9.96. The summed E-state index contributed by atoms with van der Waals surface area (Å²) < 4.78 is 8.80. The number of aryl methyl sites for hydroxylation is 1. The van der Waals surface area contributed by atoms with Crippen molar-refractivity contribution < 1.29 is 4.74 Å². The van der Waals surface area contributed by atoms with Crippen LogP contribution in [0.5, 0.6) is 5.75 Å². The van der Waals surface area contributed by atoms with Crippen LogP contribution in [-0.2, 0) is 6.42 Å². The molecule has 0 amide bonds. The SMILES string of the molecule is CCCc1nc2ccc(Br)cc2c(=O)n1N=Cc1cc(Cl)c(OCC(C)(C)C)c(Br)c1. The van der Waals surface area contributed by atoms with E-state index in [1.807, 2.05) is 25.1 Å². The van der Waals surface area contributed by atoms with E-state index in [2.05, 4.69) is 62.7 Å². The lowest BCUT2D eigenvalue weighted by molar-refractivity contribution is 0.197. The van der Waals surface area contributed by atoms with E-state index in [0.29, 0.717) is 40.5 Å². The van der Waals surface area contributed by atoms with Gasteiger partial charge < -0.3 is 4.74 Å². The number of rotatable bonds is 6. The smallest absolute Gasteiger partial charge is 0.282 e. The number of fused-ring (bicyclic) bond motifs is 1. The van der Waals surface area contributed by atoms with Crippen LogP contribution in [0, 0.1) is 5.41 Å². The first-order valence-corrected chi connectivity index (χ1v) is 11.9. The molecule has 0 radical (unpaired) electrons. The zero-order chi connectivity index (χ0) is 22.8. The molecule has 0 aliphatic heterocycles. The Morgan fingerprint density at radius 2 is 1.97 bits per heavy atom. The fourth-order valence-corrected chi connectivity index (χ4v) is 4.25. The van der Waals surface area contributed by atoms with Crippen molar-refractivity contribution in [1.29, 1.82) is 0 Å². The van der Waals surface area contributed by atoms with Gasteiger partial charge >= 0.3 is 0 Å². The molecule has 2 aromatic carbocycles. The molecule has 0 aliphatic rings. The molecule has 0 aliphatic carbocycles. The van der Waals surface area contributed by atoms with Crippen molar-refractivity contribution in [3.8, 4) is 5.75 Å². The van der Waals surface area contributed by atoms with Crippen molar-refractivity contribution in [3.05, 3.63) is 66.0 Å². The Hall–Kier alpha value is -1.70. The van der Waals surface area contributed by atoms with Crippen LogP contribution in [0.3, 0.4) is 0 Å². The van der Waals surface area contributed by atoms with Gasteiger partial charge in [-0.15, -0.1) is 0 Å². The number of hydrogen-bond donors (Lipinski definition) is 0. The number of benzene rings is 2. The topological polar surface area (TPSA) is 56.5 Å². The van der Waals surface area contributed by atoms with Crippen LogP contribution in [0.25, 0.3) is 10.9 Å². The minimum absolute atomic E-state index is 0.0117. The van der Waals surface area contributed by atoms with Crippen LogP contribution in [-0.4, -0.2) is 22.5 Å². The van der Waals surface area contributed by atoms with Gasteiger partial charge in [0.1, 0.15) is 5.82 Å². The third kappa shape index (κ3) is 5.96. The van der Waals surface area contributed by atoms with E-state index >= 15 is 0 Å². The van der Waals surface area contributed by atoms with Gasteiger partial charge in [0.2, 0.25) is 0 Å². The van der Waals surface area contributed by atoms with E-state index in [1.165, 1.54) is 4.68 Å². The summed E-state index contributed by atoms with van der Waals surface area (Å²) in [5, 5.41) is 5.44. The molecule has 0 spiro atoms. The van der Waals surface area contributed by atoms with E-state index in [-0.39, 0.29) is 11.0 Å². The number of nitrogens with zero attached hydrogens (tertiary/aromatic N) is 3. The van der Waals surface area contributed by atoms with Gasteiger partial charge in [-0.05, 0) is 63.7 Å². The predicted octanol–water partition coefficient (Wildman–Crippen LogP) is 6.83. The minimum Gasteiger partial charge on any atom is -0.490 e. The highest BCUT2D eigenvalue weighted by Gasteiger charge is 2.15. The maximum atomic E-state index is 13.1. The zero-order valence-electron chi connectivity index (χ0n) is 17.9. The maximum Gasteiger partial charge on any atom is 0.282 e. The second-order valence-electron chi connectivity index (χ2n) is 8.46. The van der Waals surface area contributed by atoms with Gasteiger partial charge in [-0.2, -0.15) is 9.78 Å². The van der Waals surface area contributed by atoms with Crippen molar-refractivity contribution in [3.63, 3.8) is 0 Å². The molecule has 3 rings (SSSR count). The second-order valence-corrected chi connectivity index (χ2v) is 10.6. The lowest BCUT2D eigenvalue weighted by Crippen LogP contribution is -2.22. The van der Waals surface area contributed by atoms with Crippen LogP contribution in [0.1, 0.15) is 45.5 Å². The van der Waals surface area contributed by atoms with Gasteiger partial charge in [-0.1, -0.05) is 55.2 Å². The molecular formula is C23H24Br2ClN3O2. The van der Waals surface area contributed by atoms with Crippen LogP contribution < -0.4 is 10.3 Å². The number of halogens is 3. The third-order valence-corrected chi connectivity index (χ3v) is 5.70. The van der Waals surface area contributed by atoms with Gasteiger partial charge in [0.15, 0.2) is 5.75 Å². The molecule has 8 heteroatoms. The molecule has 0 saturated carbocycles. The average molecular weight is 570 g/mol. The quantitative estimate of drug-likeness (QED) is 0.306. The van der Waals surface area contributed by atoms with E-state index < -0.39 is 0 Å². The van der Waals surface area contributed by atoms with Crippen molar-refractivity contribution in [2.75, 3.05) is 6.61 Å². The van der Waals surface area contributed by atoms with E-state index in [4.69, 9.17) is 16.3 Å². The zero-order valence-corrected chi connectivity index (χ0v) is 21.8. The normalized spacial score (nSPS) is 12.1. The molecule has 0 unspecified atom stereocenters. The Kier molecular flexibility index (Phi) is 7.60. The van der Waals surface area contributed by atoms with Crippen molar-refractivity contribution in [2.24, 2.45) is 10.5 Å². The predicted molar refractivity (Wildman–Crippen MR) is 135 cm³/mol.